The Balaban J connectivity index is 2.66. The van der Waals surface area contributed by atoms with Gasteiger partial charge in [0.05, 0.1) is 0 Å². The first-order valence-corrected chi connectivity index (χ1v) is 6.19. The van der Waals surface area contributed by atoms with E-state index in [2.05, 4.69) is 5.32 Å². The van der Waals surface area contributed by atoms with Crippen LogP contribution >= 0.6 is 0 Å². The van der Waals surface area contributed by atoms with E-state index in [4.69, 9.17) is 4.74 Å². The first-order valence-electron chi connectivity index (χ1n) is 6.19. The van der Waals surface area contributed by atoms with Gasteiger partial charge in [0, 0.05) is 19.1 Å². The highest BCUT2D eigenvalue weighted by Crippen LogP contribution is 2.20. The van der Waals surface area contributed by atoms with Gasteiger partial charge in [-0.25, -0.2) is 4.79 Å². The van der Waals surface area contributed by atoms with Crippen molar-refractivity contribution in [3.05, 3.63) is 0 Å². The second kappa shape index (κ2) is 6.00. The van der Waals surface area contributed by atoms with Gasteiger partial charge in [0.1, 0.15) is 5.54 Å². The van der Waals surface area contributed by atoms with Crippen LogP contribution in [0, 0.1) is 5.92 Å². The fraction of sp³-hybridized carbons (Fsp3) is 0.833. The van der Waals surface area contributed by atoms with Gasteiger partial charge in [-0.1, -0.05) is 13.8 Å². The number of nitrogens with one attached hydrogen (secondary N) is 1. The van der Waals surface area contributed by atoms with Gasteiger partial charge in [-0.2, -0.15) is 0 Å². The highest BCUT2D eigenvalue weighted by molar-refractivity contribution is 5.88. The lowest BCUT2D eigenvalue weighted by atomic mass is 9.90. The van der Waals surface area contributed by atoms with Crippen LogP contribution in [0.5, 0.6) is 0 Å². The van der Waals surface area contributed by atoms with E-state index < -0.39 is 11.5 Å². The van der Waals surface area contributed by atoms with Gasteiger partial charge in [0.25, 0.3) is 0 Å². The molecule has 0 atom stereocenters. The van der Waals surface area contributed by atoms with Crippen LogP contribution in [0.15, 0.2) is 0 Å². The molecule has 1 amide bonds. The summed E-state index contributed by atoms with van der Waals surface area (Å²) in [7, 11) is 0. The fourth-order valence-corrected chi connectivity index (χ4v) is 2.08. The molecule has 1 rings (SSSR count). The summed E-state index contributed by atoms with van der Waals surface area (Å²) in [6.45, 7) is 4.72. The zero-order chi connectivity index (χ0) is 12.9. The third-order valence-electron chi connectivity index (χ3n) is 3.57. The summed E-state index contributed by atoms with van der Waals surface area (Å²) in [5.41, 5.74) is -1.12. The summed E-state index contributed by atoms with van der Waals surface area (Å²) >= 11 is 0. The lowest BCUT2D eigenvalue weighted by Gasteiger charge is -2.31. The molecule has 0 spiro atoms. The minimum atomic E-state index is -1.12. The van der Waals surface area contributed by atoms with E-state index in [1.807, 2.05) is 0 Å². The fourth-order valence-electron chi connectivity index (χ4n) is 2.08. The Morgan fingerprint density at radius 3 is 2.24 bits per heavy atom. The van der Waals surface area contributed by atoms with Crippen molar-refractivity contribution in [1.82, 2.24) is 5.32 Å². The molecule has 2 N–H and O–H groups in total. The second-order valence-electron chi connectivity index (χ2n) is 4.47. The van der Waals surface area contributed by atoms with E-state index in [0.29, 0.717) is 38.9 Å². The molecule has 5 heteroatoms. The SMILES string of the molecule is CCC(CC)(NC(=O)C1CCOCC1)C(=O)O. The van der Waals surface area contributed by atoms with Crippen molar-refractivity contribution in [3.8, 4) is 0 Å². The lowest BCUT2D eigenvalue weighted by molar-refractivity contribution is -0.149. The van der Waals surface area contributed by atoms with Gasteiger partial charge in [0.15, 0.2) is 0 Å². The number of carbonyl (C=O) groups is 2. The molecule has 0 saturated carbocycles. The summed E-state index contributed by atoms with van der Waals surface area (Å²) in [5, 5.41) is 11.9. The normalized spacial score (nSPS) is 17.8. The molecule has 0 aliphatic carbocycles. The molecule has 0 bridgehead atoms. The average molecular weight is 243 g/mol. The summed E-state index contributed by atoms with van der Waals surface area (Å²) in [4.78, 5) is 23.3. The van der Waals surface area contributed by atoms with Gasteiger partial charge >= 0.3 is 5.97 Å². The molecule has 1 heterocycles. The molecule has 17 heavy (non-hydrogen) atoms. The average Bonchev–Trinajstić information content (AvgIpc) is 2.36. The molecule has 0 aromatic heterocycles. The predicted octanol–water partition coefficient (Wildman–Crippen LogP) is 1.17. The van der Waals surface area contributed by atoms with E-state index in [1.54, 1.807) is 13.8 Å². The standard InChI is InChI=1S/C12H21NO4/c1-3-12(4-2,11(15)16)13-10(14)9-5-7-17-8-6-9/h9H,3-8H2,1-2H3,(H,13,14)(H,15,16). The van der Waals surface area contributed by atoms with Crippen LogP contribution in [0.1, 0.15) is 39.5 Å². The smallest absolute Gasteiger partial charge is 0.329 e. The Morgan fingerprint density at radius 2 is 1.82 bits per heavy atom. The first kappa shape index (κ1) is 14.0. The highest BCUT2D eigenvalue weighted by Gasteiger charge is 2.38. The topological polar surface area (TPSA) is 75.6 Å². The van der Waals surface area contributed by atoms with Crippen LogP contribution in [0.3, 0.4) is 0 Å². The summed E-state index contributed by atoms with van der Waals surface area (Å²) in [6, 6.07) is 0. The number of rotatable bonds is 5. The van der Waals surface area contributed by atoms with E-state index in [0.717, 1.165) is 0 Å². The molecule has 0 unspecified atom stereocenters. The van der Waals surface area contributed by atoms with Gasteiger partial charge in [0.2, 0.25) is 5.91 Å². The van der Waals surface area contributed by atoms with E-state index >= 15 is 0 Å². The molecular formula is C12H21NO4. The van der Waals surface area contributed by atoms with Gasteiger partial charge in [-0.05, 0) is 25.7 Å². The minimum Gasteiger partial charge on any atom is -0.480 e. The summed E-state index contributed by atoms with van der Waals surface area (Å²) in [6.07, 6.45) is 2.14. The molecule has 5 nitrogen and oxygen atoms in total. The van der Waals surface area contributed by atoms with Crippen LogP contribution in [-0.2, 0) is 14.3 Å². The van der Waals surface area contributed by atoms with E-state index in [-0.39, 0.29) is 11.8 Å². The lowest BCUT2D eigenvalue weighted by Crippen LogP contribution is -2.55. The third kappa shape index (κ3) is 3.19. The molecule has 98 valence electrons. The van der Waals surface area contributed by atoms with Crippen LogP contribution in [0.2, 0.25) is 0 Å². The van der Waals surface area contributed by atoms with Gasteiger partial charge in [-0.3, -0.25) is 4.79 Å². The molecule has 1 aliphatic heterocycles. The molecular weight excluding hydrogens is 222 g/mol. The monoisotopic (exact) mass is 243 g/mol. The predicted molar refractivity (Wildman–Crippen MR) is 62.6 cm³/mol. The minimum absolute atomic E-state index is 0.111. The number of carboxylic acid groups (broad SMARTS) is 1. The Hall–Kier alpha value is -1.10. The second-order valence-corrected chi connectivity index (χ2v) is 4.47. The van der Waals surface area contributed by atoms with Crippen molar-refractivity contribution < 1.29 is 19.4 Å². The Kier molecular flexibility index (Phi) is 4.93. The van der Waals surface area contributed by atoms with Crippen molar-refractivity contribution in [2.75, 3.05) is 13.2 Å². The highest BCUT2D eigenvalue weighted by atomic mass is 16.5. The number of hydrogen-bond acceptors (Lipinski definition) is 3. The number of aliphatic carboxylic acids is 1. The van der Waals surface area contributed by atoms with Crippen LogP contribution in [-0.4, -0.2) is 35.7 Å². The van der Waals surface area contributed by atoms with Gasteiger partial charge in [-0.15, -0.1) is 0 Å². The largest absolute Gasteiger partial charge is 0.480 e. The van der Waals surface area contributed by atoms with Crippen LogP contribution < -0.4 is 5.32 Å². The van der Waals surface area contributed by atoms with E-state index in [9.17, 15) is 14.7 Å². The van der Waals surface area contributed by atoms with Crippen LogP contribution in [0.4, 0.5) is 0 Å². The quantitative estimate of drug-likeness (QED) is 0.760. The Morgan fingerprint density at radius 1 is 1.29 bits per heavy atom. The number of amides is 1. The zero-order valence-electron chi connectivity index (χ0n) is 10.5. The van der Waals surface area contributed by atoms with Crippen molar-refractivity contribution in [2.45, 2.75) is 45.1 Å². The molecule has 1 aliphatic rings. The molecule has 0 aromatic rings. The van der Waals surface area contributed by atoms with Gasteiger partial charge < -0.3 is 15.2 Å². The summed E-state index contributed by atoms with van der Waals surface area (Å²) < 4.78 is 5.18. The number of carboxylic acids is 1. The Bertz CT molecular complexity index is 280. The molecule has 0 aromatic carbocycles. The van der Waals surface area contributed by atoms with Crippen molar-refractivity contribution in [2.24, 2.45) is 5.92 Å². The summed E-state index contributed by atoms with van der Waals surface area (Å²) in [5.74, 6) is -1.22. The van der Waals surface area contributed by atoms with Crippen LogP contribution in [0.25, 0.3) is 0 Å². The van der Waals surface area contributed by atoms with Crippen molar-refractivity contribution >= 4 is 11.9 Å². The number of carbonyl (C=O) groups excluding carboxylic acids is 1. The van der Waals surface area contributed by atoms with Crippen molar-refractivity contribution in [3.63, 3.8) is 0 Å². The zero-order valence-corrected chi connectivity index (χ0v) is 10.5. The molecule has 1 saturated heterocycles. The maximum absolute atomic E-state index is 12.0. The van der Waals surface area contributed by atoms with Crippen molar-refractivity contribution in [1.29, 1.82) is 0 Å². The number of ether oxygens (including phenoxy) is 1. The third-order valence-corrected chi connectivity index (χ3v) is 3.57. The number of hydrogen-bond donors (Lipinski definition) is 2. The maximum atomic E-state index is 12.0. The molecule has 0 radical (unpaired) electrons. The maximum Gasteiger partial charge on any atom is 0.329 e. The van der Waals surface area contributed by atoms with E-state index in [1.165, 1.54) is 0 Å². The Labute approximate surface area is 102 Å². The first-order chi connectivity index (χ1) is 8.05. The molecule has 1 fully saturated rings.